The van der Waals surface area contributed by atoms with Crippen LogP contribution in [0.1, 0.15) is 0 Å². The van der Waals surface area contributed by atoms with Crippen LogP contribution in [0.25, 0.3) is 33.3 Å². The molecule has 0 atom stereocenters. The molecule has 1 aromatic heterocycles. The fraction of sp³-hybridized carbons (Fsp3) is 0. The van der Waals surface area contributed by atoms with Gasteiger partial charge in [-0.2, -0.15) is 0 Å². The van der Waals surface area contributed by atoms with Crippen LogP contribution in [-0.4, -0.2) is 13.4 Å². The predicted octanol–water partition coefficient (Wildman–Crippen LogP) is 5.43. The highest BCUT2D eigenvalue weighted by molar-refractivity contribution is 7.89. The van der Waals surface area contributed by atoms with E-state index in [9.17, 15) is 12.8 Å². The van der Waals surface area contributed by atoms with Crippen molar-refractivity contribution in [3.63, 3.8) is 0 Å². The van der Waals surface area contributed by atoms with Gasteiger partial charge < -0.3 is 0 Å². The van der Waals surface area contributed by atoms with Crippen molar-refractivity contribution in [2.45, 2.75) is 4.90 Å². The van der Waals surface area contributed by atoms with Crippen LogP contribution in [0.5, 0.6) is 0 Å². The van der Waals surface area contributed by atoms with Crippen molar-refractivity contribution in [2.24, 2.45) is 5.14 Å². The van der Waals surface area contributed by atoms with Crippen LogP contribution in [0, 0.1) is 5.82 Å². The molecule has 4 aromatic rings. The summed E-state index contributed by atoms with van der Waals surface area (Å²) in [5.41, 5.74) is 2.99. The van der Waals surface area contributed by atoms with E-state index in [1.807, 2.05) is 0 Å². The second kappa shape index (κ2) is 8.08. The Labute approximate surface area is 178 Å². The lowest BCUT2D eigenvalue weighted by Gasteiger charge is -2.12. The molecule has 148 valence electrons. The lowest BCUT2D eigenvalue weighted by atomic mass is 9.98. The van der Waals surface area contributed by atoms with E-state index in [2.05, 4.69) is 4.98 Å². The number of primary sulfonamides is 1. The molecule has 29 heavy (non-hydrogen) atoms. The van der Waals surface area contributed by atoms with Crippen molar-refractivity contribution in [1.82, 2.24) is 4.98 Å². The average Bonchev–Trinajstić information content (AvgIpc) is 2.67. The SMILES string of the molecule is Cl.NS(=O)(=O)c1ccc(-c2cc(-c3ccccc3F)c3cc(Cl)ccc3n2)cc1. The number of nitrogens with zero attached hydrogens (tertiary/aromatic N) is 1. The molecule has 0 spiro atoms. The number of fused-ring (bicyclic) bond motifs is 1. The smallest absolute Gasteiger partial charge is 0.238 e. The first-order chi connectivity index (χ1) is 13.3. The zero-order valence-electron chi connectivity index (χ0n) is 14.8. The number of sulfonamides is 1. The third-order valence-electron chi connectivity index (χ3n) is 4.41. The number of rotatable bonds is 3. The Hall–Kier alpha value is -2.51. The summed E-state index contributed by atoms with van der Waals surface area (Å²) in [6.45, 7) is 0. The first-order valence-corrected chi connectivity index (χ1v) is 10.2. The summed E-state index contributed by atoms with van der Waals surface area (Å²) >= 11 is 6.14. The van der Waals surface area contributed by atoms with E-state index in [0.717, 1.165) is 5.39 Å². The molecular formula is C21H15Cl2FN2O2S. The maximum atomic E-state index is 14.5. The molecular weight excluding hydrogens is 434 g/mol. The van der Waals surface area contributed by atoms with Gasteiger partial charge in [0.1, 0.15) is 5.82 Å². The largest absolute Gasteiger partial charge is 0.248 e. The molecule has 0 aliphatic heterocycles. The first-order valence-electron chi connectivity index (χ1n) is 8.31. The Kier molecular flexibility index (Phi) is 5.91. The van der Waals surface area contributed by atoms with Crippen LogP contribution in [0.3, 0.4) is 0 Å². The van der Waals surface area contributed by atoms with Gasteiger partial charge in [0.25, 0.3) is 0 Å². The minimum absolute atomic E-state index is 0. The van der Waals surface area contributed by atoms with Gasteiger partial charge in [0.05, 0.1) is 16.1 Å². The van der Waals surface area contributed by atoms with Gasteiger partial charge in [-0.3, -0.25) is 0 Å². The van der Waals surface area contributed by atoms with E-state index < -0.39 is 10.0 Å². The van der Waals surface area contributed by atoms with Crippen LogP contribution in [-0.2, 0) is 10.0 Å². The van der Waals surface area contributed by atoms with E-state index in [4.69, 9.17) is 16.7 Å². The summed E-state index contributed by atoms with van der Waals surface area (Å²) in [5.74, 6) is -0.356. The fourth-order valence-electron chi connectivity index (χ4n) is 3.06. The molecule has 0 saturated heterocycles. The summed E-state index contributed by atoms with van der Waals surface area (Å²) in [7, 11) is -3.78. The Morgan fingerprint density at radius 3 is 2.24 bits per heavy atom. The maximum Gasteiger partial charge on any atom is 0.238 e. The summed E-state index contributed by atoms with van der Waals surface area (Å²) in [4.78, 5) is 4.64. The highest BCUT2D eigenvalue weighted by Crippen LogP contribution is 2.34. The van der Waals surface area contributed by atoms with Crippen molar-refractivity contribution in [2.75, 3.05) is 0 Å². The second-order valence-electron chi connectivity index (χ2n) is 6.27. The minimum atomic E-state index is -3.78. The van der Waals surface area contributed by atoms with Crippen LogP contribution >= 0.6 is 24.0 Å². The zero-order valence-corrected chi connectivity index (χ0v) is 17.2. The third kappa shape index (κ3) is 4.26. The van der Waals surface area contributed by atoms with Gasteiger partial charge in [-0.1, -0.05) is 41.9 Å². The molecule has 4 nitrogen and oxygen atoms in total. The number of aromatic nitrogens is 1. The average molecular weight is 449 g/mol. The van der Waals surface area contributed by atoms with Gasteiger partial charge in [-0.05, 0) is 48.0 Å². The summed E-state index contributed by atoms with van der Waals surface area (Å²) in [6.07, 6.45) is 0. The quantitative estimate of drug-likeness (QED) is 0.453. The lowest BCUT2D eigenvalue weighted by Crippen LogP contribution is -2.11. The van der Waals surface area contributed by atoms with Gasteiger partial charge in [-0.15, -0.1) is 12.4 Å². The fourth-order valence-corrected chi connectivity index (χ4v) is 3.75. The monoisotopic (exact) mass is 448 g/mol. The van der Waals surface area contributed by atoms with Crippen molar-refractivity contribution in [1.29, 1.82) is 0 Å². The number of hydrogen-bond donors (Lipinski definition) is 1. The minimum Gasteiger partial charge on any atom is -0.248 e. The molecule has 0 saturated carbocycles. The van der Waals surface area contributed by atoms with E-state index in [0.29, 0.717) is 32.9 Å². The van der Waals surface area contributed by atoms with E-state index in [1.54, 1.807) is 54.6 Å². The van der Waals surface area contributed by atoms with Crippen molar-refractivity contribution in [3.05, 3.63) is 83.6 Å². The topological polar surface area (TPSA) is 73.1 Å². The van der Waals surface area contributed by atoms with Gasteiger partial charge >= 0.3 is 0 Å². The molecule has 0 radical (unpaired) electrons. The normalized spacial score (nSPS) is 11.3. The maximum absolute atomic E-state index is 14.5. The number of halogens is 3. The van der Waals surface area contributed by atoms with Crippen LogP contribution < -0.4 is 5.14 Å². The highest BCUT2D eigenvalue weighted by atomic mass is 35.5. The van der Waals surface area contributed by atoms with Gasteiger partial charge in [0, 0.05) is 21.5 Å². The van der Waals surface area contributed by atoms with Crippen LogP contribution in [0.4, 0.5) is 4.39 Å². The zero-order chi connectivity index (χ0) is 19.9. The van der Waals surface area contributed by atoms with Gasteiger partial charge in [0.2, 0.25) is 10.0 Å². The molecule has 4 rings (SSSR count). The van der Waals surface area contributed by atoms with E-state index in [1.165, 1.54) is 18.2 Å². The molecule has 1 heterocycles. The Balaban J connectivity index is 0.00000240. The molecule has 8 heteroatoms. The lowest BCUT2D eigenvalue weighted by molar-refractivity contribution is 0.598. The van der Waals surface area contributed by atoms with E-state index >= 15 is 0 Å². The molecule has 3 aromatic carbocycles. The summed E-state index contributed by atoms with van der Waals surface area (Å²) < 4.78 is 37.4. The molecule has 0 fully saturated rings. The van der Waals surface area contributed by atoms with Crippen LogP contribution in [0.2, 0.25) is 5.02 Å². The number of hydrogen-bond acceptors (Lipinski definition) is 3. The standard InChI is InChI=1S/C21H14ClFN2O2S.ClH/c22-14-7-10-20-18(11-14)17(16-3-1-2-4-19(16)23)12-21(25-20)13-5-8-15(9-6-13)28(24,26)27;/h1-12H,(H2,24,26,27);1H. The van der Waals surface area contributed by atoms with Crippen molar-refractivity contribution in [3.8, 4) is 22.4 Å². The Morgan fingerprint density at radius 2 is 1.59 bits per heavy atom. The first kappa shape index (κ1) is 21.2. The Bertz CT molecular complexity index is 1310. The summed E-state index contributed by atoms with van der Waals surface area (Å²) in [5, 5.41) is 6.40. The molecule has 0 amide bonds. The molecule has 0 bridgehead atoms. The van der Waals surface area contributed by atoms with Crippen molar-refractivity contribution >= 4 is 44.9 Å². The number of pyridine rings is 1. The molecule has 0 aliphatic rings. The Morgan fingerprint density at radius 1 is 0.897 bits per heavy atom. The van der Waals surface area contributed by atoms with Crippen molar-refractivity contribution < 1.29 is 12.8 Å². The predicted molar refractivity (Wildman–Crippen MR) is 116 cm³/mol. The molecule has 2 N–H and O–H groups in total. The summed E-state index contributed by atoms with van der Waals surface area (Å²) in [6, 6.07) is 19.6. The van der Waals surface area contributed by atoms with E-state index in [-0.39, 0.29) is 23.1 Å². The third-order valence-corrected chi connectivity index (χ3v) is 5.58. The highest BCUT2D eigenvalue weighted by Gasteiger charge is 2.14. The molecule has 0 unspecified atom stereocenters. The number of nitrogens with two attached hydrogens (primary N) is 1. The van der Waals surface area contributed by atoms with Gasteiger partial charge in [-0.25, -0.2) is 22.9 Å². The van der Waals surface area contributed by atoms with Crippen LogP contribution in [0.15, 0.2) is 77.7 Å². The van der Waals surface area contributed by atoms with Gasteiger partial charge in [0.15, 0.2) is 0 Å². The second-order valence-corrected chi connectivity index (χ2v) is 8.26. The number of benzene rings is 3. The molecule has 0 aliphatic carbocycles.